The van der Waals surface area contributed by atoms with Crippen LogP contribution in [0, 0.1) is 11.3 Å². The first kappa shape index (κ1) is 13.4. The molecule has 2 atom stereocenters. The molecule has 1 fully saturated rings. The first-order valence-electron chi connectivity index (χ1n) is 6.95. The van der Waals surface area contributed by atoms with Gasteiger partial charge in [-0.1, -0.05) is 39.0 Å². The molecule has 0 amide bonds. The Morgan fingerprint density at radius 3 is 2.67 bits per heavy atom. The van der Waals surface area contributed by atoms with Gasteiger partial charge in [0.2, 0.25) is 0 Å². The Kier molecular flexibility index (Phi) is 3.96. The Labute approximate surface area is 110 Å². The van der Waals surface area contributed by atoms with E-state index in [0.717, 1.165) is 17.2 Å². The fraction of sp³-hybridized carbons (Fsp3) is 0.625. The third kappa shape index (κ3) is 3.26. The average molecular weight is 247 g/mol. The lowest BCUT2D eigenvalue weighted by atomic mass is 9.70. The summed E-state index contributed by atoms with van der Waals surface area (Å²) in [5.74, 6) is 0.771. The minimum atomic E-state index is 0.106. The Bertz CT molecular complexity index is 400. The molecule has 0 radical (unpaired) electrons. The predicted molar refractivity (Wildman–Crippen MR) is 76.6 cm³/mol. The van der Waals surface area contributed by atoms with E-state index >= 15 is 0 Å². The molecule has 1 aliphatic carbocycles. The van der Waals surface area contributed by atoms with Gasteiger partial charge in [0.15, 0.2) is 0 Å². The van der Waals surface area contributed by atoms with Gasteiger partial charge in [0.1, 0.15) is 0 Å². The highest BCUT2D eigenvalue weighted by Gasteiger charge is 2.32. The van der Waals surface area contributed by atoms with Crippen LogP contribution < -0.4 is 5.32 Å². The van der Waals surface area contributed by atoms with Crippen LogP contribution in [0.3, 0.4) is 0 Å². The second-order valence-corrected chi connectivity index (χ2v) is 6.57. The van der Waals surface area contributed by atoms with E-state index in [1.165, 1.54) is 19.3 Å². The van der Waals surface area contributed by atoms with Crippen molar-refractivity contribution < 1.29 is 5.11 Å². The molecule has 0 aromatic heterocycles. The Balaban J connectivity index is 2.09. The largest absolute Gasteiger partial charge is 0.392 e. The summed E-state index contributed by atoms with van der Waals surface area (Å²) in [6.07, 6.45) is 3.74. The number of rotatable bonds is 3. The third-order valence-corrected chi connectivity index (χ3v) is 3.93. The molecule has 0 saturated heterocycles. The van der Waals surface area contributed by atoms with Crippen molar-refractivity contribution in [1.29, 1.82) is 0 Å². The van der Waals surface area contributed by atoms with Crippen LogP contribution in [-0.4, -0.2) is 11.1 Å². The summed E-state index contributed by atoms with van der Waals surface area (Å²) in [7, 11) is 0. The van der Waals surface area contributed by atoms with Crippen LogP contribution in [0.2, 0.25) is 0 Å². The van der Waals surface area contributed by atoms with Crippen molar-refractivity contribution in [1.82, 2.24) is 0 Å². The van der Waals surface area contributed by atoms with Crippen molar-refractivity contribution in [2.24, 2.45) is 11.3 Å². The molecule has 2 rings (SSSR count). The third-order valence-electron chi connectivity index (χ3n) is 3.93. The van der Waals surface area contributed by atoms with Crippen molar-refractivity contribution in [3.63, 3.8) is 0 Å². The number of nitrogens with one attached hydrogen (secondary N) is 1. The molecule has 1 aromatic rings. The smallest absolute Gasteiger partial charge is 0.0701 e. The van der Waals surface area contributed by atoms with Gasteiger partial charge in [0.25, 0.3) is 0 Å². The van der Waals surface area contributed by atoms with E-state index in [1.807, 2.05) is 18.2 Å². The summed E-state index contributed by atoms with van der Waals surface area (Å²) in [5.41, 5.74) is 2.51. The van der Waals surface area contributed by atoms with Crippen LogP contribution in [0.1, 0.15) is 45.6 Å². The van der Waals surface area contributed by atoms with Crippen molar-refractivity contribution in [3.8, 4) is 0 Å². The highest BCUT2D eigenvalue weighted by atomic mass is 16.3. The maximum atomic E-state index is 9.36. The molecular formula is C16H25NO. The van der Waals surface area contributed by atoms with Crippen LogP contribution in [0.4, 0.5) is 5.69 Å². The first-order valence-corrected chi connectivity index (χ1v) is 6.95. The van der Waals surface area contributed by atoms with Crippen LogP contribution in [0.25, 0.3) is 0 Å². The lowest BCUT2D eigenvalue weighted by Gasteiger charge is -2.39. The van der Waals surface area contributed by atoms with Gasteiger partial charge in [0.05, 0.1) is 6.61 Å². The number of hydrogen-bond acceptors (Lipinski definition) is 2. The summed E-state index contributed by atoms with van der Waals surface area (Å²) >= 11 is 0. The zero-order chi connectivity index (χ0) is 13.2. The van der Waals surface area contributed by atoms with Gasteiger partial charge < -0.3 is 10.4 Å². The molecule has 0 spiro atoms. The number of aliphatic hydroxyl groups excluding tert-OH is 1. The standard InChI is InChI=1S/C16H25NO/c1-12-8-14(10-16(2,3)9-12)17-15-7-5-4-6-13(15)11-18/h4-7,12,14,17-18H,8-11H2,1-3H3. The van der Waals surface area contributed by atoms with Crippen molar-refractivity contribution in [3.05, 3.63) is 29.8 Å². The van der Waals surface area contributed by atoms with Gasteiger partial charge >= 0.3 is 0 Å². The second-order valence-electron chi connectivity index (χ2n) is 6.57. The Morgan fingerprint density at radius 2 is 2.00 bits per heavy atom. The van der Waals surface area contributed by atoms with E-state index in [0.29, 0.717) is 11.5 Å². The monoisotopic (exact) mass is 247 g/mol. The fourth-order valence-corrected chi connectivity index (χ4v) is 3.47. The molecule has 100 valence electrons. The summed E-state index contributed by atoms with van der Waals surface area (Å²) in [4.78, 5) is 0. The van der Waals surface area contributed by atoms with Crippen LogP contribution in [-0.2, 0) is 6.61 Å². The number of para-hydroxylation sites is 1. The Morgan fingerprint density at radius 1 is 1.28 bits per heavy atom. The summed E-state index contributed by atoms with van der Waals surface area (Å²) in [6, 6.07) is 8.58. The minimum absolute atomic E-state index is 0.106. The molecule has 2 heteroatoms. The van der Waals surface area contributed by atoms with Crippen molar-refractivity contribution in [2.45, 2.75) is 52.7 Å². The van der Waals surface area contributed by atoms with Crippen LogP contribution >= 0.6 is 0 Å². The molecule has 1 saturated carbocycles. The van der Waals surface area contributed by atoms with E-state index < -0.39 is 0 Å². The van der Waals surface area contributed by atoms with Crippen molar-refractivity contribution in [2.75, 3.05) is 5.32 Å². The van der Waals surface area contributed by atoms with Crippen LogP contribution in [0.5, 0.6) is 0 Å². The molecule has 0 aliphatic heterocycles. The molecule has 2 unspecified atom stereocenters. The topological polar surface area (TPSA) is 32.3 Å². The molecule has 18 heavy (non-hydrogen) atoms. The zero-order valence-electron chi connectivity index (χ0n) is 11.7. The Hall–Kier alpha value is -1.02. The highest BCUT2D eigenvalue weighted by molar-refractivity contribution is 5.51. The predicted octanol–water partition coefficient (Wildman–Crippen LogP) is 3.81. The maximum Gasteiger partial charge on any atom is 0.0701 e. The van der Waals surface area contributed by atoms with Gasteiger partial charge in [-0.15, -0.1) is 0 Å². The summed E-state index contributed by atoms with van der Waals surface area (Å²) in [5, 5.41) is 13.0. The molecule has 0 heterocycles. The van der Waals surface area contributed by atoms with Gasteiger partial charge in [-0.2, -0.15) is 0 Å². The van der Waals surface area contributed by atoms with E-state index in [-0.39, 0.29) is 6.61 Å². The van der Waals surface area contributed by atoms with E-state index in [9.17, 15) is 5.11 Å². The molecule has 0 bridgehead atoms. The molecular weight excluding hydrogens is 222 g/mol. The number of anilines is 1. The number of benzene rings is 1. The van der Waals surface area contributed by atoms with E-state index in [4.69, 9.17) is 0 Å². The molecule has 2 N–H and O–H groups in total. The summed E-state index contributed by atoms with van der Waals surface area (Å²) in [6.45, 7) is 7.16. The molecule has 2 nitrogen and oxygen atoms in total. The molecule has 1 aliphatic rings. The summed E-state index contributed by atoms with van der Waals surface area (Å²) < 4.78 is 0. The highest BCUT2D eigenvalue weighted by Crippen LogP contribution is 2.39. The second kappa shape index (κ2) is 5.31. The minimum Gasteiger partial charge on any atom is -0.392 e. The average Bonchev–Trinajstić information content (AvgIpc) is 2.27. The van der Waals surface area contributed by atoms with Gasteiger partial charge in [-0.05, 0) is 36.7 Å². The lowest BCUT2D eigenvalue weighted by Crippen LogP contribution is -2.35. The number of hydrogen-bond donors (Lipinski definition) is 2. The maximum absolute atomic E-state index is 9.36. The van der Waals surface area contributed by atoms with Crippen LogP contribution in [0.15, 0.2) is 24.3 Å². The number of aliphatic hydroxyl groups is 1. The molecule has 1 aromatic carbocycles. The van der Waals surface area contributed by atoms with Gasteiger partial charge in [-0.3, -0.25) is 0 Å². The SMILES string of the molecule is CC1CC(Nc2ccccc2CO)CC(C)(C)C1. The first-order chi connectivity index (χ1) is 8.50. The van der Waals surface area contributed by atoms with E-state index in [1.54, 1.807) is 0 Å². The normalized spacial score (nSPS) is 26.9. The quantitative estimate of drug-likeness (QED) is 0.851. The van der Waals surface area contributed by atoms with Gasteiger partial charge in [0, 0.05) is 17.3 Å². The van der Waals surface area contributed by atoms with Gasteiger partial charge in [-0.25, -0.2) is 0 Å². The van der Waals surface area contributed by atoms with E-state index in [2.05, 4.69) is 32.2 Å². The zero-order valence-corrected chi connectivity index (χ0v) is 11.7. The fourth-order valence-electron chi connectivity index (χ4n) is 3.47. The van der Waals surface area contributed by atoms with Crippen molar-refractivity contribution >= 4 is 5.69 Å². The lowest BCUT2D eigenvalue weighted by molar-refractivity contribution is 0.178.